The third kappa shape index (κ3) is 5.04. The molecule has 0 fully saturated rings. The molecule has 0 aliphatic heterocycles. The van der Waals surface area contributed by atoms with Crippen LogP contribution in [0.15, 0.2) is 48.7 Å². The first-order valence-corrected chi connectivity index (χ1v) is 9.18. The third-order valence-corrected chi connectivity index (χ3v) is 4.32. The number of aromatic nitrogens is 2. The summed E-state index contributed by atoms with van der Waals surface area (Å²) in [6.07, 6.45) is 5.02. The topological polar surface area (TPSA) is 68.1 Å². The van der Waals surface area contributed by atoms with Crippen molar-refractivity contribution in [3.63, 3.8) is 0 Å². The van der Waals surface area contributed by atoms with Crippen LogP contribution >= 0.6 is 12.2 Å². The molecular formula is C20H25N5OS. The van der Waals surface area contributed by atoms with Crippen LogP contribution in [-0.2, 0) is 6.42 Å². The first kappa shape index (κ1) is 18.8. The normalized spacial score (nSPS) is 11.1. The van der Waals surface area contributed by atoms with Crippen molar-refractivity contribution in [3.8, 4) is 5.75 Å². The Balaban J connectivity index is 1.63. The number of benzene rings is 2. The first-order chi connectivity index (χ1) is 13.0. The SMILES string of the molecule is CNc1ccc(OCNc2ccc3[nH]c(=S)[nH]c3c2)cc1C/C=C\N(C)C. The monoisotopic (exact) mass is 383 g/mol. The molecule has 6 nitrogen and oxygen atoms in total. The summed E-state index contributed by atoms with van der Waals surface area (Å²) in [5.74, 6) is 0.830. The summed E-state index contributed by atoms with van der Waals surface area (Å²) in [5.41, 5.74) is 5.22. The Morgan fingerprint density at radius 3 is 2.70 bits per heavy atom. The van der Waals surface area contributed by atoms with Gasteiger partial charge in [0.05, 0.1) is 11.0 Å². The van der Waals surface area contributed by atoms with Crippen LogP contribution in [0.3, 0.4) is 0 Å². The number of aromatic amines is 2. The van der Waals surface area contributed by atoms with Crippen LogP contribution in [0.2, 0.25) is 0 Å². The molecule has 0 amide bonds. The Kier molecular flexibility index (Phi) is 6.03. The van der Waals surface area contributed by atoms with E-state index in [2.05, 4.69) is 38.9 Å². The molecule has 2 aromatic carbocycles. The lowest BCUT2D eigenvalue weighted by molar-refractivity contribution is 0.346. The maximum absolute atomic E-state index is 5.88. The molecular weight excluding hydrogens is 358 g/mol. The second kappa shape index (κ2) is 8.64. The van der Waals surface area contributed by atoms with E-state index in [4.69, 9.17) is 17.0 Å². The number of ether oxygens (including phenoxy) is 1. The van der Waals surface area contributed by atoms with Crippen LogP contribution in [0.1, 0.15) is 5.56 Å². The number of anilines is 2. The zero-order valence-corrected chi connectivity index (χ0v) is 16.6. The summed E-state index contributed by atoms with van der Waals surface area (Å²) in [5, 5.41) is 6.50. The number of hydrogen-bond acceptors (Lipinski definition) is 5. The molecule has 0 bridgehead atoms. The highest BCUT2D eigenvalue weighted by molar-refractivity contribution is 7.71. The van der Waals surface area contributed by atoms with Gasteiger partial charge in [0.25, 0.3) is 0 Å². The van der Waals surface area contributed by atoms with Crippen LogP contribution < -0.4 is 15.4 Å². The van der Waals surface area contributed by atoms with Gasteiger partial charge in [-0.1, -0.05) is 6.08 Å². The van der Waals surface area contributed by atoms with Gasteiger partial charge in [0.2, 0.25) is 0 Å². The highest BCUT2D eigenvalue weighted by atomic mass is 32.1. The van der Waals surface area contributed by atoms with Crippen molar-refractivity contribution >= 4 is 34.6 Å². The van der Waals surface area contributed by atoms with Gasteiger partial charge in [-0.15, -0.1) is 0 Å². The average molecular weight is 384 g/mol. The number of H-pyrrole nitrogens is 2. The summed E-state index contributed by atoms with van der Waals surface area (Å²) >= 11 is 5.12. The number of rotatable bonds is 8. The molecule has 1 aromatic heterocycles. The molecule has 0 atom stereocenters. The number of imidazole rings is 1. The molecule has 0 radical (unpaired) electrons. The molecule has 3 rings (SSSR count). The molecule has 27 heavy (non-hydrogen) atoms. The van der Waals surface area contributed by atoms with Crippen LogP contribution in [0.25, 0.3) is 11.0 Å². The molecule has 3 aromatic rings. The minimum Gasteiger partial charge on any atom is -0.473 e. The second-order valence-corrected chi connectivity index (χ2v) is 6.83. The minimum absolute atomic E-state index is 0.378. The molecule has 0 spiro atoms. The fourth-order valence-electron chi connectivity index (χ4n) is 2.81. The number of nitrogens with one attached hydrogen (secondary N) is 4. The predicted octanol–water partition coefficient (Wildman–Crippen LogP) is 4.33. The average Bonchev–Trinajstić information content (AvgIpc) is 3.01. The van der Waals surface area contributed by atoms with Crippen molar-refractivity contribution < 1.29 is 4.74 Å². The largest absolute Gasteiger partial charge is 0.473 e. The van der Waals surface area contributed by atoms with E-state index < -0.39 is 0 Å². The third-order valence-electron chi connectivity index (χ3n) is 4.12. The molecule has 0 aliphatic carbocycles. The van der Waals surface area contributed by atoms with Gasteiger partial charge >= 0.3 is 0 Å². The highest BCUT2D eigenvalue weighted by Crippen LogP contribution is 2.23. The summed E-state index contributed by atoms with van der Waals surface area (Å²) in [6, 6.07) is 12.1. The van der Waals surface area contributed by atoms with Crippen LogP contribution in [-0.4, -0.2) is 42.7 Å². The van der Waals surface area contributed by atoms with Gasteiger partial charge in [0.1, 0.15) is 5.75 Å². The summed E-state index contributed by atoms with van der Waals surface area (Å²) < 4.78 is 6.51. The highest BCUT2D eigenvalue weighted by Gasteiger charge is 2.03. The van der Waals surface area contributed by atoms with Crippen molar-refractivity contribution in [1.82, 2.24) is 14.9 Å². The number of allylic oxidation sites excluding steroid dienone is 1. The Morgan fingerprint density at radius 2 is 1.93 bits per heavy atom. The molecule has 1 heterocycles. The van der Waals surface area contributed by atoms with E-state index >= 15 is 0 Å². The van der Waals surface area contributed by atoms with E-state index in [0.29, 0.717) is 11.5 Å². The zero-order chi connectivity index (χ0) is 19.2. The molecule has 0 saturated heterocycles. The van der Waals surface area contributed by atoms with E-state index in [1.165, 1.54) is 5.56 Å². The van der Waals surface area contributed by atoms with Crippen molar-refractivity contribution in [1.29, 1.82) is 0 Å². The fourth-order valence-corrected chi connectivity index (χ4v) is 3.03. The quantitative estimate of drug-likeness (QED) is 0.344. The van der Waals surface area contributed by atoms with Gasteiger partial charge in [-0.05, 0) is 66.8 Å². The van der Waals surface area contributed by atoms with Gasteiger partial charge in [0.15, 0.2) is 11.5 Å². The van der Waals surface area contributed by atoms with Crippen LogP contribution in [0, 0.1) is 4.77 Å². The molecule has 0 saturated carbocycles. The predicted molar refractivity (Wildman–Crippen MR) is 115 cm³/mol. The number of hydrogen-bond donors (Lipinski definition) is 4. The van der Waals surface area contributed by atoms with Gasteiger partial charge < -0.3 is 30.2 Å². The van der Waals surface area contributed by atoms with Gasteiger partial charge in [0, 0.05) is 32.5 Å². The lowest BCUT2D eigenvalue weighted by Crippen LogP contribution is -2.09. The Hall–Kier alpha value is -2.93. The zero-order valence-electron chi connectivity index (χ0n) is 15.8. The van der Waals surface area contributed by atoms with E-state index in [9.17, 15) is 0 Å². The lowest BCUT2D eigenvalue weighted by atomic mass is 10.1. The molecule has 7 heteroatoms. The first-order valence-electron chi connectivity index (χ1n) is 8.77. The van der Waals surface area contributed by atoms with Gasteiger partial charge in [-0.2, -0.15) is 0 Å². The van der Waals surface area contributed by atoms with E-state index in [1.54, 1.807) is 0 Å². The summed E-state index contributed by atoms with van der Waals surface area (Å²) in [6.45, 7) is 0.378. The Bertz CT molecular complexity index is 989. The van der Waals surface area contributed by atoms with Crippen molar-refractivity contribution in [3.05, 3.63) is 59.0 Å². The second-order valence-electron chi connectivity index (χ2n) is 6.43. The van der Waals surface area contributed by atoms with Crippen LogP contribution in [0.4, 0.5) is 11.4 Å². The minimum atomic E-state index is 0.378. The number of fused-ring (bicyclic) bond motifs is 1. The van der Waals surface area contributed by atoms with Gasteiger partial charge in [-0.25, -0.2) is 0 Å². The molecule has 0 aliphatic rings. The van der Waals surface area contributed by atoms with E-state index in [0.717, 1.165) is 34.6 Å². The van der Waals surface area contributed by atoms with Crippen molar-refractivity contribution in [2.24, 2.45) is 0 Å². The van der Waals surface area contributed by atoms with Crippen LogP contribution in [0.5, 0.6) is 5.75 Å². The number of nitrogens with zero attached hydrogens (tertiary/aromatic N) is 1. The smallest absolute Gasteiger partial charge is 0.175 e. The molecule has 4 N–H and O–H groups in total. The maximum Gasteiger partial charge on any atom is 0.175 e. The Morgan fingerprint density at radius 1 is 1.11 bits per heavy atom. The standard InChI is InChI=1S/C20H25N5OS/c1-21-17-9-7-16(11-14(17)5-4-10-25(2)3)26-13-22-15-6-8-18-19(12-15)24-20(27)23-18/h4,6-12,21-22H,5,13H2,1-3H3,(H2,23,24,27)/b10-4-. The van der Waals surface area contributed by atoms with Gasteiger partial charge in [-0.3, -0.25) is 0 Å². The maximum atomic E-state index is 5.88. The fraction of sp³-hybridized carbons (Fsp3) is 0.250. The van der Waals surface area contributed by atoms with E-state index in [-0.39, 0.29) is 0 Å². The Labute approximate surface area is 164 Å². The van der Waals surface area contributed by atoms with Crippen molar-refractivity contribution in [2.75, 3.05) is 38.5 Å². The molecule has 0 unspecified atom stereocenters. The lowest BCUT2D eigenvalue weighted by Gasteiger charge is -2.13. The van der Waals surface area contributed by atoms with E-state index in [1.807, 2.05) is 56.4 Å². The van der Waals surface area contributed by atoms with Crippen molar-refractivity contribution in [2.45, 2.75) is 6.42 Å². The summed E-state index contributed by atoms with van der Waals surface area (Å²) in [4.78, 5) is 8.23. The molecule has 142 valence electrons. The summed E-state index contributed by atoms with van der Waals surface area (Å²) in [7, 11) is 5.95.